The number of piperidine rings is 1. The SMILES string of the molecule is COC(=O)C1CCN(C(=O)c2cn(-c3ccccc3)nc2-c2cc(OC)ccc2OC)CC1. The molecule has 1 aliphatic heterocycles. The molecular weight excluding hydrogens is 422 g/mol. The van der Waals surface area contributed by atoms with E-state index >= 15 is 0 Å². The van der Waals surface area contributed by atoms with E-state index in [1.807, 2.05) is 36.4 Å². The number of benzene rings is 2. The molecular formula is C25H27N3O5. The monoisotopic (exact) mass is 449 g/mol. The summed E-state index contributed by atoms with van der Waals surface area (Å²) in [6.07, 6.45) is 2.89. The van der Waals surface area contributed by atoms with Crippen molar-refractivity contribution in [1.29, 1.82) is 0 Å². The second-order valence-corrected chi connectivity index (χ2v) is 7.83. The largest absolute Gasteiger partial charge is 0.497 e. The zero-order valence-electron chi connectivity index (χ0n) is 19.0. The Morgan fingerprint density at radius 1 is 0.970 bits per heavy atom. The number of ether oxygens (including phenoxy) is 3. The zero-order chi connectivity index (χ0) is 23.4. The van der Waals surface area contributed by atoms with Crippen LogP contribution < -0.4 is 9.47 Å². The normalized spacial score (nSPS) is 14.1. The van der Waals surface area contributed by atoms with Gasteiger partial charge in [-0.3, -0.25) is 9.59 Å². The van der Waals surface area contributed by atoms with Crippen LogP contribution in [0.2, 0.25) is 0 Å². The maximum atomic E-state index is 13.6. The first kappa shape index (κ1) is 22.4. The van der Waals surface area contributed by atoms with Crippen molar-refractivity contribution in [1.82, 2.24) is 14.7 Å². The molecule has 1 amide bonds. The quantitative estimate of drug-likeness (QED) is 0.535. The number of carbonyl (C=O) groups is 2. The number of amides is 1. The van der Waals surface area contributed by atoms with Gasteiger partial charge in [0.05, 0.1) is 38.5 Å². The summed E-state index contributed by atoms with van der Waals surface area (Å²) in [6.45, 7) is 0.952. The lowest BCUT2D eigenvalue weighted by Crippen LogP contribution is -2.40. The summed E-state index contributed by atoms with van der Waals surface area (Å²) in [5, 5.41) is 4.77. The molecule has 2 heterocycles. The molecule has 1 fully saturated rings. The number of hydrogen-bond acceptors (Lipinski definition) is 6. The summed E-state index contributed by atoms with van der Waals surface area (Å²) in [4.78, 5) is 27.3. The molecule has 0 bridgehead atoms. The number of aromatic nitrogens is 2. The van der Waals surface area contributed by atoms with Gasteiger partial charge in [0.15, 0.2) is 0 Å². The molecule has 0 radical (unpaired) electrons. The average molecular weight is 450 g/mol. The summed E-state index contributed by atoms with van der Waals surface area (Å²) in [5.41, 5.74) is 2.47. The van der Waals surface area contributed by atoms with E-state index in [1.54, 1.807) is 42.1 Å². The lowest BCUT2D eigenvalue weighted by Gasteiger charge is -2.30. The van der Waals surface area contributed by atoms with Crippen molar-refractivity contribution >= 4 is 11.9 Å². The van der Waals surface area contributed by atoms with E-state index in [1.165, 1.54) is 7.11 Å². The molecule has 2 aromatic carbocycles. The van der Waals surface area contributed by atoms with Gasteiger partial charge in [0, 0.05) is 24.8 Å². The van der Waals surface area contributed by atoms with Crippen LogP contribution in [0.5, 0.6) is 11.5 Å². The third-order valence-corrected chi connectivity index (χ3v) is 5.94. The molecule has 0 aliphatic carbocycles. The molecule has 1 aliphatic rings. The topological polar surface area (TPSA) is 82.9 Å². The van der Waals surface area contributed by atoms with Gasteiger partial charge in [-0.25, -0.2) is 4.68 Å². The highest BCUT2D eigenvalue weighted by Crippen LogP contribution is 2.36. The predicted octanol–water partition coefficient (Wildman–Crippen LogP) is 3.58. The van der Waals surface area contributed by atoms with Crippen LogP contribution >= 0.6 is 0 Å². The van der Waals surface area contributed by atoms with Crippen molar-refractivity contribution in [3.63, 3.8) is 0 Å². The number of hydrogen-bond donors (Lipinski definition) is 0. The van der Waals surface area contributed by atoms with Crippen molar-refractivity contribution in [3.8, 4) is 28.4 Å². The van der Waals surface area contributed by atoms with Crippen LogP contribution in [-0.4, -0.2) is 61.0 Å². The summed E-state index contributed by atoms with van der Waals surface area (Å²) in [5.74, 6) is 0.690. The lowest BCUT2D eigenvalue weighted by atomic mass is 9.96. The fourth-order valence-corrected chi connectivity index (χ4v) is 4.10. The van der Waals surface area contributed by atoms with E-state index in [2.05, 4.69) is 0 Å². The number of methoxy groups -OCH3 is 3. The van der Waals surface area contributed by atoms with Gasteiger partial charge in [-0.15, -0.1) is 0 Å². The van der Waals surface area contributed by atoms with Crippen LogP contribution in [0.1, 0.15) is 23.2 Å². The lowest BCUT2D eigenvalue weighted by molar-refractivity contribution is -0.146. The Balaban J connectivity index is 1.74. The molecule has 0 N–H and O–H groups in total. The fraction of sp³-hybridized carbons (Fsp3) is 0.320. The maximum Gasteiger partial charge on any atom is 0.308 e. The number of nitrogens with zero attached hydrogens (tertiary/aromatic N) is 3. The average Bonchev–Trinajstić information content (AvgIpc) is 3.33. The Morgan fingerprint density at radius 2 is 1.70 bits per heavy atom. The molecule has 8 heteroatoms. The van der Waals surface area contributed by atoms with Crippen molar-refractivity contribution in [2.75, 3.05) is 34.4 Å². The Labute approximate surface area is 192 Å². The summed E-state index contributed by atoms with van der Waals surface area (Å²) in [6, 6.07) is 15.0. The molecule has 1 aromatic heterocycles. The summed E-state index contributed by atoms with van der Waals surface area (Å²) >= 11 is 0. The summed E-state index contributed by atoms with van der Waals surface area (Å²) in [7, 11) is 4.57. The molecule has 3 aromatic rings. The first-order valence-electron chi connectivity index (χ1n) is 10.8. The molecule has 0 saturated carbocycles. The van der Waals surface area contributed by atoms with Gasteiger partial charge >= 0.3 is 5.97 Å². The highest BCUT2D eigenvalue weighted by Gasteiger charge is 2.31. The van der Waals surface area contributed by atoms with E-state index in [0.717, 1.165) is 5.69 Å². The van der Waals surface area contributed by atoms with Crippen LogP contribution in [0.4, 0.5) is 0 Å². The van der Waals surface area contributed by atoms with Gasteiger partial charge in [0.2, 0.25) is 0 Å². The number of para-hydroxylation sites is 1. The van der Waals surface area contributed by atoms with Crippen LogP contribution in [0.25, 0.3) is 16.9 Å². The number of carbonyl (C=O) groups excluding carboxylic acids is 2. The standard InChI is InChI=1S/C25H27N3O5/c1-31-19-9-10-22(32-2)20(15-19)23-21(16-28(26-23)18-7-5-4-6-8-18)24(29)27-13-11-17(12-14-27)25(30)33-3/h4-10,15-17H,11-14H2,1-3H3. The Hall–Kier alpha value is -3.81. The number of likely N-dealkylation sites (tertiary alicyclic amines) is 1. The summed E-state index contributed by atoms with van der Waals surface area (Å²) < 4.78 is 17.5. The van der Waals surface area contributed by atoms with Gasteiger partial charge in [-0.2, -0.15) is 5.10 Å². The Kier molecular flexibility index (Phi) is 6.63. The molecule has 0 unspecified atom stereocenters. The molecule has 8 nitrogen and oxygen atoms in total. The minimum absolute atomic E-state index is 0.139. The van der Waals surface area contributed by atoms with Gasteiger partial charge in [0.25, 0.3) is 5.91 Å². The van der Waals surface area contributed by atoms with Gasteiger partial charge in [-0.05, 0) is 43.2 Å². The molecule has 4 rings (SSSR count). The van der Waals surface area contributed by atoms with E-state index < -0.39 is 0 Å². The first-order chi connectivity index (χ1) is 16.0. The predicted molar refractivity (Wildman–Crippen MR) is 123 cm³/mol. The van der Waals surface area contributed by atoms with Gasteiger partial charge in [-0.1, -0.05) is 18.2 Å². The number of rotatable bonds is 6. The van der Waals surface area contributed by atoms with Crippen LogP contribution in [-0.2, 0) is 9.53 Å². The molecule has 172 valence electrons. The smallest absolute Gasteiger partial charge is 0.308 e. The first-order valence-corrected chi connectivity index (χ1v) is 10.8. The Morgan fingerprint density at radius 3 is 2.33 bits per heavy atom. The minimum Gasteiger partial charge on any atom is -0.497 e. The van der Waals surface area contributed by atoms with E-state index in [4.69, 9.17) is 19.3 Å². The molecule has 1 saturated heterocycles. The zero-order valence-corrected chi connectivity index (χ0v) is 19.0. The van der Waals surface area contributed by atoms with Crippen molar-refractivity contribution < 1.29 is 23.8 Å². The van der Waals surface area contributed by atoms with Crippen molar-refractivity contribution in [3.05, 3.63) is 60.3 Å². The van der Waals surface area contributed by atoms with Crippen molar-refractivity contribution in [2.24, 2.45) is 5.92 Å². The van der Waals surface area contributed by atoms with Crippen LogP contribution in [0, 0.1) is 5.92 Å². The minimum atomic E-state index is -0.221. The molecule has 33 heavy (non-hydrogen) atoms. The second kappa shape index (κ2) is 9.77. The highest BCUT2D eigenvalue weighted by molar-refractivity contribution is 6.00. The van der Waals surface area contributed by atoms with Crippen molar-refractivity contribution in [2.45, 2.75) is 12.8 Å². The van der Waals surface area contributed by atoms with E-state index in [9.17, 15) is 9.59 Å². The third-order valence-electron chi connectivity index (χ3n) is 5.94. The maximum absolute atomic E-state index is 13.6. The molecule has 0 spiro atoms. The second-order valence-electron chi connectivity index (χ2n) is 7.83. The van der Waals surface area contributed by atoms with E-state index in [-0.39, 0.29) is 17.8 Å². The third kappa shape index (κ3) is 4.55. The molecule has 0 atom stereocenters. The van der Waals surface area contributed by atoms with Gasteiger partial charge < -0.3 is 19.1 Å². The highest BCUT2D eigenvalue weighted by atomic mass is 16.5. The van der Waals surface area contributed by atoms with Crippen LogP contribution in [0.3, 0.4) is 0 Å². The van der Waals surface area contributed by atoms with Gasteiger partial charge in [0.1, 0.15) is 17.2 Å². The fourth-order valence-electron chi connectivity index (χ4n) is 4.10. The van der Waals surface area contributed by atoms with Crippen LogP contribution in [0.15, 0.2) is 54.7 Å². The Bertz CT molecular complexity index is 1130. The van der Waals surface area contributed by atoms with E-state index in [0.29, 0.717) is 54.3 Å². The number of esters is 1.